The van der Waals surface area contributed by atoms with Gasteiger partial charge in [0.1, 0.15) is 5.69 Å². The molecule has 1 fully saturated rings. The molecule has 174 valence electrons. The Morgan fingerprint density at radius 3 is 2.50 bits per heavy atom. The van der Waals surface area contributed by atoms with Gasteiger partial charge in [-0.05, 0) is 38.8 Å². The maximum Gasteiger partial charge on any atom is 0.256 e. The Hall–Kier alpha value is -3.78. The summed E-state index contributed by atoms with van der Waals surface area (Å²) in [5, 5.41) is 18.7. The third-order valence-corrected chi connectivity index (χ3v) is 6.36. The minimum atomic E-state index is -0.763. The monoisotopic (exact) mass is 457 g/mol. The number of likely N-dealkylation sites (tertiary alicyclic amines) is 1. The lowest BCUT2D eigenvalue weighted by molar-refractivity contribution is 0.0597. The molecule has 8 nitrogen and oxygen atoms in total. The Morgan fingerprint density at radius 2 is 1.76 bits per heavy atom. The number of hydrogen-bond donors (Lipinski definition) is 1. The molecule has 3 heterocycles. The predicted molar refractivity (Wildman–Crippen MR) is 126 cm³/mol. The maximum atomic E-state index is 13.7. The van der Waals surface area contributed by atoms with Gasteiger partial charge in [-0.25, -0.2) is 4.98 Å². The summed E-state index contributed by atoms with van der Waals surface area (Å²) < 4.78 is 6.22. The van der Waals surface area contributed by atoms with E-state index < -0.39 is 6.10 Å². The molecule has 0 radical (unpaired) electrons. The second-order valence-electron chi connectivity index (χ2n) is 8.72. The van der Waals surface area contributed by atoms with Crippen LogP contribution in [0.25, 0.3) is 17.0 Å². The third kappa shape index (κ3) is 4.12. The van der Waals surface area contributed by atoms with Gasteiger partial charge in [0.25, 0.3) is 5.91 Å². The van der Waals surface area contributed by atoms with E-state index in [0.29, 0.717) is 35.1 Å². The lowest BCUT2D eigenvalue weighted by atomic mass is 9.92. The second kappa shape index (κ2) is 9.23. The molecule has 5 rings (SSSR count). The number of hydrogen-bond acceptors (Lipinski definition) is 6. The van der Waals surface area contributed by atoms with Gasteiger partial charge in [-0.2, -0.15) is 15.0 Å². The number of aliphatic hydroxyl groups excluding tert-OH is 1. The molecule has 34 heavy (non-hydrogen) atoms. The van der Waals surface area contributed by atoms with Gasteiger partial charge in [0.05, 0.1) is 35.7 Å². The number of para-hydroxylation sites is 1. The maximum absolute atomic E-state index is 13.7. The highest BCUT2D eigenvalue weighted by atomic mass is 16.4. The van der Waals surface area contributed by atoms with Crippen molar-refractivity contribution in [2.24, 2.45) is 0 Å². The molecule has 0 aliphatic carbocycles. The minimum absolute atomic E-state index is 0.0647. The highest BCUT2D eigenvalue weighted by molar-refractivity contribution is 5.98. The third-order valence-electron chi connectivity index (χ3n) is 6.36. The number of carbonyl (C=O) groups is 1. The van der Waals surface area contributed by atoms with Crippen LogP contribution in [-0.4, -0.2) is 48.5 Å². The number of nitrogens with zero attached hydrogens (tertiary/aromatic N) is 5. The topological polar surface area (TPSA) is 97.3 Å². The first kappa shape index (κ1) is 22.0. The van der Waals surface area contributed by atoms with E-state index in [1.807, 2.05) is 59.5 Å². The SMILES string of the molecule is CC(O)c1nc(C2CC[C@@H](C)N(C(=O)c3ccccc3-n3nccn3)C2)oc1-c1ccccc1. The molecule has 1 aliphatic heterocycles. The van der Waals surface area contributed by atoms with Crippen molar-refractivity contribution in [1.29, 1.82) is 0 Å². The van der Waals surface area contributed by atoms with Gasteiger partial charge in [-0.1, -0.05) is 42.5 Å². The van der Waals surface area contributed by atoms with E-state index in [1.54, 1.807) is 19.3 Å². The lowest BCUT2D eigenvalue weighted by Gasteiger charge is -2.37. The Morgan fingerprint density at radius 1 is 1.06 bits per heavy atom. The van der Waals surface area contributed by atoms with Crippen molar-refractivity contribution in [2.45, 2.75) is 44.8 Å². The number of piperidine rings is 1. The fourth-order valence-corrected chi connectivity index (χ4v) is 4.52. The van der Waals surface area contributed by atoms with E-state index in [-0.39, 0.29) is 17.9 Å². The van der Waals surface area contributed by atoms with Gasteiger partial charge in [0.15, 0.2) is 11.7 Å². The first-order valence-electron chi connectivity index (χ1n) is 11.5. The molecule has 2 unspecified atom stereocenters. The highest BCUT2D eigenvalue weighted by Crippen LogP contribution is 2.36. The van der Waals surface area contributed by atoms with Crippen molar-refractivity contribution in [3.05, 3.63) is 84.1 Å². The molecule has 1 aliphatic rings. The normalized spacial score (nSPS) is 19.2. The summed E-state index contributed by atoms with van der Waals surface area (Å²) >= 11 is 0. The van der Waals surface area contributed by atoms with Gasteiger partial charge in [0.2, 0.25) is 0 Å². The molecule has 2 aromatic heterocycles. The van der Waals surface area contributed by atoms with Crippen LogP contribution in [0.15, 0.2) is 71.4 Å². The zero-order chi connectivity index (χ0) is 23.7. The largest absolute Gasteiger partial charge is 0.440 e. The van der Waals surface area contributed by atoms with E-state index in [2.05, 4.69) is 22.1 Å². The molecule has 8 heteroatoms. The summed E-state index contributed by atoms with van der Waals surface area (Å²) in [4.78, 5) is 21.7. The number of benzene rings is 2. The average Bonchev–Trinajstić information content (AvgIpc) is 3.55. The van der Waals surface area contributed by atoms with Gasteiger partial charge < -0.3 is 14.4 Å². The molecule has 1 saturated heterocycles. The molecule has 4 aromatic rings. The minimum Gasteiger partial charge on any atom is -0.440 e. The van der Waals surface area contributed by atoms with E-state index in [1.165, 1.54) is 4.80 Å². The fourth-order valence-electron chi connectivity index (χ4n) is 4.52. The van der Waals surface area contributed by atoms with Gasteiger partial charge in [0, 0.05) is 18.2 Å². The Bertz CT molecular complexity index is 1270. The van der Waals surface area contributed by atoms with Crippen LogP contribution in [0.5, 0.6) is 0 Å². The van der Waals surface area contributed by atoms with Gasteiger partial charge >= 0.3 is 0 Å². The zero-order valence-electron chi connectivity index (χ0n) is 19.2. The van der Waals surface area contributed by atoms with Crippen LogP contribution in [0.2, 0.25) is 0 Å². The molecule has 3 atom stereocenters. The second-order valence-corrected chi connectivity index (χ2v) is 8.72. The number of aliphatic hydroxyl groups is 1. The molecule has 0 spiro atoms. The number of aromatic nitrogens is 4. The first-order chi connectivity index (χ1) is 16.5. The molecule has 2 aromatic carbocycles. The zero-order valence-corrected chi connectivity index (χ0v) is 19.2. The lowest BCUT2D eigenvalue weighted by Crippen LogP contribution is -2.45. The average molecular weight is 458 g/mol. The predicted octanol–water partition coefficient (Wildman–Crippen LogP) is 4.38. The fraction of sp³-hybridized carbons (Fsp3) is 0.308. The molecule has 0 saturated carbocycles. The van der Waals surface area contributed by atoms with Crippen LogP contribution in [0, 0.1) is 0 Å². The van der Waals surface area contributed by atoms with Gasteiger partial charge in [-0.3, -0.25) is 4.79 Å². The van der Waals surface area contributed by atoms with Crippen LogP contribution in [-0.2, 0) is 0 Å². The quantitative estimate of drug-likeness (QED) is 0.478. The van der Waals surface area contributed by atoms with E-state index >= 15 is 0 Å². The molecule has 1 amide bonds. The van der Waals surface area contributed by atoms with Crippen molar-refractivity contribution < 1.29 is 14.3 Å². The Kier molecular flexibility index (Phi) is 5.98. The molecular formula is C26H27N5O3. The summed E-state index contributed by atoms with van der Waals surface area (Å²) in [7, 11) is 0. The van der Waals surface area contributed by atoms with Crippen molar-refractivity contribution in [3.63, 3.8) is 0 Å². The standard InChI is InChI=1S/C26H27N5O3/c1-17-12-13-20(25-29-23(18(2)32)24(34-25)19-8-4-3-5-9-19)16-30(17)26(33)21-10-6-7-11-22(21)31-27-14-15-28-31/h3-11,14-15,17-18,20,32H,12-13,16H2,1-2H3/t17-,18?,20?/m1/s1. The van der Waals surface area contributed by atoms with Crippen LogP contribution in [0.4, 0.5) is 0 Å². The van der Waals surface area contributed by atoms with Crippen molar-refractivity contribution >= 4 is 5.91 Å². The number of oxazole rings is 1. The Balaban J connectivity index is 1.45. The van der Waals surface area contributed by atoms with Crippen LogP contribution < -0.4 is 0 Å². The van der Waals surface area contributed by atoms with E-state index in [4.69, 9.17) is 4.42 Å². The van der Waals surface area contributed by atoms with E-state index in [0.717, 1.165) is 18.4 Å². The number of carbonyl (C=O) groups excluding carboxylic acids is 1. The smallest absolute Gasteiger partial charge is 0.256 e. The van der Waals surface area contributed by atoms with Crippen LogP contribution >= 0.6 is 0 Å². The van der Waals surface area contributed by atoms with Gasteiger partial charge in [-0.15, -0.1) is 0 Å². The number of amides is 1. The molecule has 1 N–H and O–H groups in total. The van der Waals surface area contributed by atoms with Crippen molar-refractivity contribution in [3.8, 4) is 17.0 Å². The molecular weight excluding hydrogens is 430 g/mol. The summed E-state index contributed by atoms with van der Waals surface area (Å²) in [6.07, 6.45) is 4.09. The van der Waals surface area contributed by atoms with Crippen molar-refractivity contribution in [2.75, 3.05) is 6.54 Å². The van der Waals surface area contributed by atoms with Crippen LogP contribution in [0.1, 0.15) is 60.7 Å². The summed E-state index contributed by atoms with van der Waals surface area (Å²) in [5.41, 5.74) is 2.58. The summed E-state index contributed by atoms with van der Waals surface area (Å²) in [5.74, 6) is 1.000. The molecule has 0 bridgehead atoms. The first-order valence-corrected chi connectivity index (χ1v) is 11.5. The van der Waals surface area contributed by atoms with Crippen molar-refractivity contribution in [1.82, 2.24) is 24.9 Å². The number of rotatable bonds is 5. The van der Waals surface area contributed by atoms with Crippen LogP contribution in [0.3, 0.4) is 0 Å². The summed E-state index contributed by atoms with van der Waals surface area (Å²) in [6, 6.07) is 17.1. The van der Waals surface area contributed by atoms with E-state index in [9.17, 15) is 9.90 Å². The highest BCUT2D eigenvalue weighted by Gasteiger charge is 2.34. The Labute approximate surface area is 197 Å². The summed E-state index contributed by atoms with van der Waals surface area (Å²) in [6.45, 7) is 4.23.